The minimum atomic E-state index is -2.17. The van der Waals surface area contributed by atoms with Gasteiger partial charge in [-0.3, -0.25) is 4.21 Å². The quantitative estimate of drug-likeness (QED) is 0.637. The Bertz CT molecular complexity index is 506. The molecule has 2 rings (SSSR count). The summed E-state index contributed by atoms with van der Waals surface area (Å²) in [7, 11) is 0. The van der Waals surface area contributed by atoms with Crippen LogP contribution < -0.4 is 5.73 Å². The van der Waals surface area contributed by atoms with E-state index >= 15 is 0 Å². The lowest BCUT2D eigenvalue weighted by Gasteiger charge is -2.06. The van der Waals surface area contributed by atoms with Crippen molar-refractivity contribution in [3.63, 3.8) is 0 Å². The molecule has 16 heavy (non-hydrogen) atoms. The van der Waals surface area contributed by atoms with Crippen molar-refractivity contribution in [1.82, 2.24) is 0 Å². The summed E-state index contributed by atoms with van der Waals surface area (Å²) in [5, 5.41) is 0. The molecule has 3 nitrogen and oxygen atoms in total. The summed E-state index contributed by atoms with van der Waals surface area (Å²) >= 11 is -2.17. The summed E-state index contributed by atoms with van der Waals surface area (Å²) in [5.41, 5.74) is 8.27. The van der Waals surface area contributed by atoms with E-state index in [1.54, 1.807) is 24.3 Å². The van der Waals surface area contributed by atoms with E-state index < -0.39 is 11.1 Å². The molecule has 4 heteroatoms. The number of anilines is 1. The van der Waals surface area contributed by atoms with E-state index in [-0.39, 0.29) is 0 Å². The third kappa shape index (κ3) is 2.29. The summed E-state index contributed by atoms with van der Waals surface area (Å²) in [5.74, 6) is 0. The minimum absolute atomic E-state index is 0.291. The second kappa shape index (κ2) is 4.47. The predicted molar refractivity (Wildman–Crippen MR) is 63.5 cm³/mol. The highest BCUT2D eigenvalue weighted by molar-refractivity contribution is 7.79. The van der Waals surface area contributed by atoms with Gasteiger partial charge >= 0.3 is 0 Å². The molecule has 0 spiro atoms. The normalized spacial score (nSPS) is 12.3. The predicted octanol–water partition coefficient (Wildman–Crippen LogP) is 2.17. The van der Waals surface area contributed by atoms with Crippen LogP contribution >= 0.6 is 0 Å². The number of hydrogen-bond donors (Lipinski definition) is 1. The van der Waals surface area contributed by atoms with Gasteiger partial charge in [-0.1, -0.05) is 24.3 Å². The number of rotatable bonds is 2. The molecule has 2 aromatic carbocycles. The Kier molecular flexibility index (Phi) is 3.03. The highest BCUT2D eigenvalue weighted by Crippen LogP contribution is 2.21. The molecule has 82 valence electrons. The fourth-order valence-electron chi connectivity index (χ4n) is 1.43. The summed E-state index contributed by atoms with van der Waals surface area (Å²) < 4.78 is 21.4. The molecule has 0 aliphatic rings. The average molecular weight is 232 g/mol. The van der Waals surface area contributed by atoms with Crippen molar-refractivity contribution in [1.29, 1.82) is 0 Å². The van der Waals surface area contributed by atoms with Gasteiger partial charge in [-0.15, -0.1) is 0 Å². The summed E-state index contributed by atoms with van der Waals surface area (Å²) in [6, 6.07) is 14.1. The monoisotopic (exact) mass is 232 g/mol. The highest BCUT2D eigenvalue weighted by Gasteiger charge is 1.98. The van der Waals surface area contributed by atoms with Crippen LogP contribution in [0.25, 0.3) is 11.1 Å². The van der Waals surface area contributed by atoms with Crippen molar-refractivity contribution in [2.45, 2.75) is 4.90 Å². The van der Waals surface area contributed by atoms with Gasteiger partial charge in [-0.05, 0) is 46.5 Å². The molecule has 0 saturated heterocycles. The first-order valence-corrected chi connectivity index (χ1v) is 5.79. The van der Waals surface area contributed by atoms with Crippen LogP contribution in [0, 0.1) is 0 Å². The van der Waals surface area contributed by atoms with Crippen molar-refractivity contribution in [3.05, 3.63) is 48.5 Å². The molecule has 0 heterocycles. The van der Waals surface area contributed by atoms with Crippen LogP contribution in [0.2, 0.25) is 0 Å². The van der Waals surface area contributed by atoms with E-state index in [9.17, 15) is 8.76 Å². The summed E-state index contributed by atoms with van der Waals surface area (Å²) in [6.07, 6.45) is 0. The van der Waals surface area contributed by atoms with Gasteiger partial charge in [0.25, 0.3) is 0 Å². The Balaban J connectivity index is 2.34. The molecule has 0 bridgehead atoms. The van der Waals surface area contributed by atoms with Crippen LogP contribution in [0.15, 0.2) is 53.4 Å². The van der Waals surface area contributed by atoms with Crippen molar-refractivity contribution in [2.24, 2.45) is 0 Å². The van der Waals surface area contributed by atoms with Crippen LogP contribution in [0.5, 0.6) is 0 Å². The molecule has 2 N–H and O–H groups in total. The highest BCUT2D eigenvalue weighted by atomic mass is 32.2. The maximum Gasteiger partial charge on any atom is 0.0314 e. The summed E-state index contributed by atoms with van der Waals surface area (Å²) in [4.78, 5) is 0.291. The smallest absolute Gasteiger partial charge is 0.0314 e. The van der Waals surface area contributed by atoms with Crippen LogP contribution in [-0.2, 0) is 11.1 Å². The van der Waals surface area contributed by atoms with Gasteiger partial charge in [-0.25, -0.2) is 0 Å². The van der Waals surface area contributed by atoms with Gasteiger partial charge < -0.3 is 10.3 Å². The zero-order valence-electron chi connectivity index (χ0n) is 8.42. The molecule has 0 aromatic heterocycles. The lowest BCUT2D eigenvalue weighted by Crippen LogP contribution is -1.88. The second-order valence-electron chi connectivity index (χ2n) is 3.38. The lowest BCUT2D eigenvalue weighted by molar-refractivity contribution is 0.537. The Morgan fingerprint density at radius 1 is 0.875 bits per heavy atom. The SMILES string of the molecule is Nc1ccc(-c2ccc(S(=O)[O-])cc2)cc1. The van der Waals surface area contributed by atoms with Crippen LogP contribution in [0.4, 0.5) is 5.69 Å². The number of hydrogen-bond acceptors (Lipinski definition) is 3. The van der Waals surface area contributed by atoms with Gasteiger partial charge in [0.2, 0.25) is 0 Å². The maximum atomic E-state index is 10.7. The van der Waals surface area contributed by atoms with Crippen LogP contribution in [0.3, 0.4) is 0 Å². The van der Waals surface area contributed by atoms with Crippen molar-refractivity contribution >= 4 is 16.8 Å². The fourth-order valence-corrected chi connectivity index (χ4v) is 1.79. The van der Waals surface area contributed by atoms with Gasteiger partial charge in [-0.2, -0.15) is 0 Å². The first-order chi connectivity index (χ1) is 7.66. The molecular formula is C12H10NO2S-. The third-order valence-corrected chi connectivity index (χ3v) is 2.95. The Morgan fingerprint density at radius 2 is 1.31 bits per heavy atom. The third-order valence-electron chi connectivity index (χ3n) is 2.29. The molecule has 0 aliphatic heterocycles. The minimum Gasteiger partial charge on any atom is -0.768 e. The van der Waals surface area contributed by atoms with Crippen LogP contribution in [0.1, 0.15) is 0 Å². The first-order valence-electron chi connectivity index (χ1n) is 4.72. The van der Waals surface area contributed by atoms with E-state index in [1.165, 1.54) is 0 Å². The largest absolute Gasteiger partial charge is 0.768 e. The van der Waals surface area contributed by atoms with Crippen LogP contribution in [-0.4, -0.2) is 8.76 Å². The average Bonchev–Trinajstić information content (AvgIpc) is 2.30. The Hall–Kier alpha value is -1.65. The molecule has 0 amide bonds. The van der Waals surface area contributed by atoms with Crippen molar-refractivity contribution in [3.8, 4) is 11.1 Å². The zero-order valence-corrected chi connectivity index (χ0v) is 9.24. The summed E-state index contributed by atoms with van der Waals surface area (Å²) in [6.45, 7) is 0. The number of benzene rings is 2. The van der Waals surface area contributed by atoms with Crippen molar-refractivity contribution < 1.29 is 8.76 Å². The number of nitrogens with two attached hydrogens (primary N) is 1. The molecule has 1 unspecified atom stereocenters. The molecule has 0 aliphatic carbocycles. The zero-order chi connectivity index (χ0) is 11.5. The Labute approximate surface area is 96.2 Å². The van der Waals surface area contributed by atoms with Gasteiger partial charge in [0, 0.05) is 10.6 Å². The van der Waals surface area contributed by atoms with Gasteiger partial charge in [0.15, 0.2) is 0 Å². The van der Waals surface area contributed by atoms with E-state index in [0.29, 0.717) is 10.6 Å². The topological polar surface area (TPSA) is 66.2 Å². The molecule has 1 atom stereocenters. The number of nitrogen functional groups attached to an aromatic ring is 1. The lowest BCUT2D eigenvalue weighted by atomic mass is 10.1. The molecular weight excluding hydrogens is 222 g/mol. The Morgan fingerprint density at radius 3 is 1.75 bits per heavy atom. The standard InChI is InChI=1S/C12H11NO2S/c13-11-5-1-9(2-6-11)10-3-7-12(8-4-10)16(14)15/h1-8H,13H2,(H,14,15)/p-1. The van der Waals surface area contributed by atoms with Gasteiger partial charge in [0.1, 0.15) is 0 Å². The molecule has 2 aromatic rings. The molecule has 0 fully saturated rings. The van der Waals surface area contributed by atoms with E-state index in [2.05, 4.69) is 0 Å². The first kappa shape index (κ1) is 10.9. The second-order valence-corrected chi connectivity index (χ2v) is 4.32. The fraction of sp³-hybridized carbons (Fsp3) is 0. The van der Waals surface area contributed by atoms with E-state index in [0.717, 1.165) is 11.1 Å². The van der Waals surface area contributed by atoms with E-state index in [1.807, 2.05) is 24.3 Å². The van der Waals surface area contributed by atoms with Gasteiger partial charge in [0.05, 0.1) is 0 Å². The van der Waals surface area contributed by atoms with Crippen molar-refractivity contribution in [2.75, 3.05) is 5.73 Å². The maximum absolute atomic E-state index is 10.7. The van der Waals surface area contributed by atoms with E-state index in [4.69, 9.17) is 5.73 Å². The molecule has 0 radical (unpaired) electrons. The molecule has 0 saturated carbocycles.